The molecule has 0 aromatic heterocycles. The van der Waals surface area contributed by atoms with Gasteiger partial charge in [0.25, 0.3) is 0 Å². The van der Waals surface area contributed by atoms with E-state index in [1.54, 1.807) is 0 Å². The number of benzene rings is 1. The molecule has 84 valence electrons. The van der Waals surface area contributed by atoms with Crippen molar-refractivity contribution in [3.05, 3.63) is 28.8 Å². The van der Waals surface area contributed by atoms with Crippen molar-refractivity contribution in [1.29, 1.82) is 0 Å². The minimum atomic E-state index is 0.366. The zero-order chi connectivity index (χ0) is 11.6. The summed E-state index contributed by atoms with van der Waals surface area (Å²) < 4.78 is 0. The minimum Gasteiger partial charge on any atom is -0.129 e. The average molecular weight is 222 g/mol. The first-order chi connectivity index (χ1) is 6.83. The van der Waals surface area contributed by atoms with E-state index in [1.807, 2.05) is 11.8 Å². The fourth-order valence-electron chi connectivity index (χ4n) is 2.04. The molecule has 0 radical (unpaired) electrons. The van der Waals surface area contributed by atoms with E-state index in [0.717, 1.165) is 6.42 Å². The molecule has 0 aliphatic carbocycles. The van der Waals surface area contributed by atoms with Crippen LogP contribution in [0.15, 0.2) is 17.0 Å². The molecular formula is C14H22S. The Morgan fingerprint density at radius 2 is 1.73 bits per heavy atom. The van der Waals surface area contributed by atoms with Crippen LogP contribution >= 0.6 is 11.8 Å². The van der Waals surface area contributed by atoms with E-state index in [2.05, 4.69) is 53.0 Å². The fraction of sp³-hybridized carbons (Fsp3) is 0.571. The van der Waals surface area contributed by atoms with Crippen molar-refractivity contribution >= 4 is 11.8 Å². The molecule has 0 aliphatic heterocycles. The van der Waals surface area contributed by atoms with Gasteiger partial charge in [0.05, 0.1) is 0 Å². The van der Waals surface area contributed by atoms with Crippen LogP contribution in [0.25, 0.3) is 0 Å². The molecule has 0 saturated carbocycles. The SMILES string of the molecule is CSc1c(C)cc(C)cc1CC(C)(C)C. The maximum absolute atomic E-state index is 2.34. The van der Waals surface area contributed by atoms with Crippen LogP contribution in [0.3, 0.4) is 0 Å². The molecule has 0 saturated heterocycles. The van der Waals surface area contributed by atoms with Crippen LogP contribution < -0.4 is 0 Å². The second kappa shape index (κ2) is 4.61. The van der Waals surface area contributed by atoms with Crippen molar-refractivity contribution in [2.75, 3.05) is 6.26 Å². The van der Waals surface area contributed by atoms with Crippen LogP contribution in [-0.4, -0.2) is 6.26 Å². The lowest BCUT2D eigenvalue weighted by Gasteiger charge is -2.21. The molecule has 0 N–H and O–H groups in total. The highest BCUT2D eigenvalue weighted by Gasteiger charge is 2.15. The summed E-state index contributed by atoms with van der Waals surface area (Å²) in [7, 11) is 0. The van der Waals surface area contributed by atoms with Gasteiger partial charge in [0, 0.05) is 4.90 Å². The average Bonchev–Trinajstić information content (AvgIpc) is 1.99. The van der Waals surface area contributed by atoms with Gasteiger partial charge < -0.3 is 0 Å². The van der Waals surface area contributed by atoms with Gasteiger partial charge in [-0.05, 0) is 43.1 Å². The van der Waals surface area contributed by atoms with Crippen molar-refractivity contribution in [2.45, 2.75) is 45.9 Å². The maximum Gasteiger partial charge on any atom is 0.0131 e. The molecule has 1 heteroatoms. The molecule has 0 nitrogen and oxygen atoms in total. The number of thioether (sulfide) groups is 1. The molecule has 1 aromatic rings. The second-order valence-corrected chi connectivity index (χ2v) is 6.33. The highest BCUT2D eigenvalue weighted by Crippen LogP contribution is 2.31. The lowest BCUT2D eigenvalue weighted by molar-refractivity contribution is 0.408. The summed E-state index contributed by atoms with van der Waals surface area (Å²) in [4.78, 5) is 1.47. The number of rotatable bonds is 2. The fourth-order valence-corrected chi connectivity index (χ4v) is 2.81. The summed E-state index contributed by atoms with van der Waals surface area (Å²) in [5.74, 6) is 0. The van der Waals surface area contributed by atoms with E-state index in [0.29, 0.717) is 5.41 Å². The zero-order valence-electron chi connectivity index (χ0n) is 10.8. The van der Waals surface area contributed by atoms with Gasteiger partial charge in [-0.2, -0.15) is 0 Å². The van der Waals surface area contributed by atoms with Gasteiger partial charge in [0.1, 0.15) is 0 Å². The molecule has 0 unspecified atom stereocenters. The molecule has 0 fully saturated rings. The summed E-state index contributed by atoms with van der Waals surface area (Å²) in [5.41, 5.74) is 4.67. The molecule has 0 atom stereocenters. The standard InChI is InChI=1S/C14H22S/c1-10-7-11(2)13(15-6)12(8-10)9-14(3,4)5/h7-8H,9H2,1-6H3. The summed E-state index contributed by atoms with van der Waals surface area (Å²) in [6.07, 6.45) is 3.33. The molecule has 15 heavy (non-hydrogen) atoms. The third kappa shape index (κ3) is 3.57. The van der Waals surface area contributed by atoms with E-state index < -0.39 is 0 Å². The van der Waals surface area contributed by atoms with Crippen molar-refractivity contribution in [3.63, 3.8) is 0 Å². The van der Waals surface area contributed by atoms with E-state index in [-0.39, 0.29) is 0 Å². The van der Waals surface area contributed by atoms with Crippen LogP contribution in [-0.2, 0) is 6.42 Å². The van der Waals surface area contributed by atoms with E-state index in [4.69, 9.17) is 0 Å². The van der Waals surface area contributed by atoms with Crippen LogP contribution in [0.5, 0.6) is 0 Å². The molecular weight excluding hydrogens is 200 g/mol. The smallest absolute Gasteiger partial charge is 0.0131 e. The number of hydrogen-bond acceptors (Lipinski definition) is 1. The van der Waals surface area contributed by atoms with Gasteiger partial charge in [-0.15, -0.1) is 11.8 Å². The van der Waals surface area contributed by atoms with Crippen molar-refractivity contribution in [1.82, 2.24) is 0 Å². The molecule has 0 aliphatic rings. The van der Waals surface area contributed by atoms with Gasteiger partial charge >= 0.3 is 0 Å². The second-order valence-electron chi connectivity index (χ2n) is 5.51. The Bertz CT molecular complexity index is 345. The van der Waals surface area contributed by atoms with Crippen molar-refractivity contribution < 1.29 is 0 Å². The van der Waals surface area contributed by atoms with Crippen LogP contribution in [0, 0.1) is 19.3 Å². The molecule has 0 heterocycles. The van der Waals surface area contributed by atoms with Crippen LogP contribution in [0.2, 0.25) is 0 Å². The number of aryl methyl sites for hydroxylation is 2. The van der Waals surface area contributed by atoms with Gasteiger partial charge in [-0.3, -0.25) is 0 Å². The highest BCUT2D eigenvalue weighted by atomic mass is 32.2. The minimum absolute atomic E-state index is 0.366. The first-order valence-corrected chi connectivity index (χ1v) is 6.70. The normalized spacial score (nSPS) is 11.9. The third-order valence-electron chi connectivity index (χ3n) is 2.42. The van der Waals surface area contributed by atoms with Crippen LogP contribution in [0.1, 0.15) is 37.5 Å². The van der Waals surface area contributed by atoms with Crippen molar-refractivity contribution in [2.24, 2.45) is 5.41 Å². The lowest BCUT2D eigenvalue weighted by atomic mass is 9.87. The predicted molar refractivity (Wildman–Crippen MR) is 70.9 cm³/mol. The van der Waals surface area contributed by atoms with Gasteiger partial charge in [0.2, 0.25) is 0 Å². The first kappa shape index (κ1) is 12.6. The topological polar surface area (TPSA) is 0 Å². The Morgan fingerprint density at radius 3 is 2.20 bits per heavy atom. The van der Waals surface area contributed by atoms with E-state index >= 15 is 0 Å². The van der Waals surface area contributed by atoms with Gasteiger partial charge in [-0.1, -0.05) is 38.5 Å². The van der Waals surface area contributed by atoms with Crippen molar-refractivity contribution in [3.8, 4) is 0 Å². The van der Waals surface area contributed by atoms with Gasteiger partial charge in [-0.25, -0.2) is 0 Å². The molecule has 0 spiro atoms. The monoisotopic (exact) mass is 222 g/mol. The Kier molecular flexibility index (Phi) is 3.88. The first-order valence-electron chi connectivity index (χ1n) is 5.47. The Labute approximate surface area is 98.5 Å². The summed E-state index contributed by atoms with van der Waals surface area (Å²) in [6, 6.07) is 4.61. The quantitative estimate of drug-likeness (QED) is 0.658. The van der Waals surface area contributed by atoms with E-state index in [9.17, 15) is 0 Å². The Morgan fingerprint density at radius 1 is 1.13 bits per heavy atom. The van der Waals surface area contributed by atoms with Crippen LogP contribution in [0.4, 0.5) is 0 Å². The molecule has 1 aromatic carbocycles. The molecule has 0 amide bonds. The summed E-state index contributed by atoms with van der Waals surface area (Å²) in [5, 5.41) is 0. The lowest BCUT2D eigenvalue weighted by Crippen LogP contribution is -2.10. The summed E-state index contributed by atoms with van der Waals surface area (Å²) in [6.45, 7) is 11.3. The van der Waals surface area contributed by atoms with Gasteiger partial charge in [0.15, 0.2) is 0 Å². The number of hydrogen-bond donors (Lipinski definition) is 0. The van der Waals surface area contributed by atoms with E-state index in [1.165, 1.54) is 21.6 Å². The largest absolute Gasteiger partial charge is 0.129 e. The maximum atomic E-state index is 2.34. The zero-order valence-corrected chi connectivity index (χ0v) is 11.6. The third-order valence-corrected chi connectivity index (χ3v) is 3.41. The Balaban J connectivity index is 3.15. The highest BCUT2D eigenvalue weighted by molar-refractivity contribution is 7.98. The predicted octanol–water partition coefficient (Wildman–Crippen LogP) is 4.61. The Hall–Kier alpha value is -0.430. The molecule has 1 rings (SSSR count). The molecule has 0 bridgehead atoms. The summed E-state index contributed by atoms with van der Waals surface area (Å²) >= 11 is 1.87.